The van der Waals surface area contributed by atoms with Gasteiger partial charge in [0, 0.05) is 12.2 Å². The fraction of sp³-hybridized carbons (Fsp3) is 0. The van der Waals surface area contributed by atoms with Gasteiger partial charge < -0.3 is 9.84 Å². The zero-order valence-electron chi connectivity index (χ0n) is 5.98. The van der Waals surface area contributed by atoms with Gasteiger partial charge in [0.25, 0.3) is 0 Å². The molecular weight excluding hydrogens is 162 g/mol. The van der Waals surface area contributed by atoms with Gasteiger partial charge in [0.1, 0.15) is 6.07 Å². The number of rotatable bonds is 3. The van der Waals surface area contributed by atoms with Crippen LogP contribution in [0.3, 0.4) is 0 Å². The molecule has 0 rings (SSSR count). The van der Waals surface area contributed by atoms with Gasteiger partial charge in [-0.15, -0.1) is 0 Å². The topological polar surface area (TPSA) is 87.4 Å². The van der Waals surface area contributed by atoms with E-state index >= 15 is 0 Å². The van der Waals surface area contributed by atoms with Crippen molar-refractivity contribution in [3.8, 4) is 6.07 Å². The van der Waals surface area contributed by atoms with Crippen molar-refractivity contribution in [3.63, 3.8) is 0 Å². The van der Waals surface area contributed by atoms with Crippen molar-refractivity contribution in [1.29, 1.82) is 5.26 Å². The Morgan fingerprint density at radius 2 is 2.08 bits per heavy atom. The highest BCUT2D eigenvalue weighted by Crippen LogP contribution is 1.91. The van der Waals surface area contributed by atoms with Gasteiger partial charge in [-0.25, -0.2) is 9.59 Å². The largest absolute Gasteiger partial charge is 0.478 e. The van der Waals surface area contributed by atoms with E-state index in [1.165, 1.54) is 6.07 Å². The highest BCUT2D eigenvalue weighted by atomic mass is 16.5. The first-order valence-corrected chi connectivity index (χ1v) is 2.78. The number of ether oxygens (including phenoxy) is 1. The number of hydrogen-bond donors (Lipinski definition) is 1. The summed E-state index contributed by atoms with van der Waals surface area (Å²) in [6, 6.07) is 1.46. The third-order valence-corrected chi connectivity index (χ3v) is 0.710. The molecule has 0 aliphatic carbocycles. The predicted molar refractivity (Wildman–Crippen MR) is 37.6 cm³/mol. The Morgan fingerprint density at radius 3 is 2.50 bits per heavy atom. The van der Waals surface area contributed by atoms with Crippen molar-refractivity contribution in [2.24, 2.45) is 0 Å². The first kappa shape index (κ1) is 9.91. The fourth-order valence-electron chi connectivity index (χ4n) is 0.318. The van der Waals surface area contributed by atoms with Crippen molar-refractivity contribution >= 4 is 11.9 Å². The quantitative estimate of drug-likeness (QED) is 0.281. The summed E-state index contributed by atoms with van der Waals surface area (Å²) in [4.78, 5) is 20.4. The Labute approximate surface area is 68.2 Å². The van der Waals surface area contributed by atoms with Crippen LogP contribution in [-0.2, 0) is 14.3 Å². The number of carbonyl (C=O) groups excluding carboxylic acids is 1. The van der Waals surface area contributed by atoms with E-state index in [1.807, 2.05) is 0 Å². The summed E-state index contributed by atoms with van der Waals surface area (Å²) in [7, 11) is 0. The predicted octanol–water partition coefficient (Wildman–Crippen LogP) is 0.208. The minimum atomic E-state index is -1.27. The van der Waals surface area contributed by atoms with E-state index in [0.717, 1.165) is 0 Å². The molecule has 0 heterocycles. The number of carbonyl (C=O) groups is 2. The molecule has 0 aromatic heterocycles. The molecule has 0 aromatic carbocycles. The molecule has 62 valence electrons. The molecule has 12 heavy (non-hydrogen) atoms. The molecule has 0 fully saturated rings. The molecule has 0 bridgehead atoms. The Bertz CT molecular complexity index is 284. The summed E-state index contributed by atoms with van der Waals surface area (Å²) in [5.74, 6) is -2.59. The van der Waals surface area contributed by atoms with Crippen LogP contribution in [0.4, 0.5) is 0 Å². The van der Waals surface area contributed by atoms with E-state index in [2.05, 4.69) is 11.3 Å². The minimum absolute atomic E-state index is 0.380. The lowest BCUT2D eigenvalue weighted by atomic mass is 10.5. The Morgan fingerprint density at radius 1 is 1.50 bits per heavy atom. The molecule has 0 amide bonds. The van der Waals surface area contributed by atoms with E-state index in [0.29, 0.717) is 12.2 Å². The smallest absolute Gasteiger partial charge is 0.337 e. The minimum Gasteiger partial charge on any atom is -0.478 e. The van der Waals surface area contributed by atoms with Crippen LogP contribution < -0.4 is 0 Å². The van der Waals surface area contributed by atoms with Crippen LogP contribution in [0.5, 0.6) is 0 Å². The number of hydrogen-bond acceptors (Lipinski definition) is 4. The number of nitrogens with zero attached hydrogens (tertiary/aromatic N) is 1. The zero-order chi connectivity index (χ0) is 9.56. The maximum absolute atomic E-state index is 10.5. The number of esters is 1. The van der Waals surface area contributed by atoms with E-state index in [4.69, 9.17) is 10.4 Å². The maximum atomic E-state index is 10.5. The highest BCUT2D eigenvalue weighted by Gasteiger charge is 1.99. The Balaban J connectivity index is 4.01. The van der Waals surface area contributed by atoms with Crippen LogP contribution in [0.2, 0.25) is 0 Å². The second-order valence-electron chi connectivity index (χ2n) is 1.63. The Kier molecular flexibility index (Phi) is 3.87. The maximum Gasteiger partial charge on any atom is 0.337 e. The van der Waals surface area contributed by atoms with Gasteiger partial charge in [0.15, 0.2) is 0 Å². The fourth-order valence-corrected chi connectivity index (χ4v) is 0.318. The molecular formula is C7H5NO4. The summed E-state index contributed by atoms with van der Waals surface area (Å²) < 4.78 is 4.21. The lowest BCUT2D eigenvalue weighted by Gasteiger charge is -1.93. The van der Waals surface area contributed by atoms with Crippen molar-refractivity contribution in [2.45, 2.75) is 0 Å². The molecule has 0 aromatic rings. The van der Waals surface area contributed by atoms with Gasteiger partial charge in [-0.05, 0) is 6.58 Å². The van der Waals surface area contributed by atoms with Crippen molar-refractivity contribution in [3.05, 3.63) is 24.5 Å². The van der Waals surface area contributed by atoms with Crippen LogP contribution >= 0.6 is 0 Å². The SMILES string of the molecule is C=C(C#N)OC(=O)/C=C\C(=O)O. The van der Waals surface area contributed by atoms with Gasteiger partial charge in [-0.3, -0.25) is 0 Å². The third kappa shape index (κ3) is 4.76. The van der Waals surface area contributed by atoms with Crippen molar-refractivity contribution in [2.75, 3.05) is 0 Å². The Hall–Kier alpha value is -2.09. The normalized spacial score (nSPS) is 8.92. The third-order valence-electron chi connectivity index (χ3n) is 0.710. The van der Waals surface area contributed by atoms with Gasteiger partial charge in [0.2, 0.25) is 5.76 Å². The molecule has 0 saturated carbocycles. The van der Waals surface area contributed by atoms with Crippen LogP contribution in [0, 0.1) is 11.3 Å². The molecule has 0 saturated heterocycles. The summed E-state index contributed by atoms with van der Waals surface area (Å²) in [5, 5.41) is 16.2. The number of carboxylic acids is 1. The lowest BCUT2D eigenvalue weighted by Crippen LogP contribution is -1.99. The average Bonchev–Trinajstić information content (AvgIpc) is 2.00. The monoisotopic (exact) mass is 167 g/mol. The second kappa shape index (κ2) is 4.68. The molecule has 1 N–H and O–H groups in total. The molecule has 0 spiro atoms. The molecule has 0 atom stereocenters. The lowest BCUT2D eigenvalue weighted by molar-refractivity contribution is -0.135. The van der Waals surface area contributed by atoms with Crippen LogP contribution in [0.1, 0.15) is 0 Å². The first-order valence-electron chi connectivity index (χ1n) is 2.78. The summed E-state index contributed by atoms with van der Waals surface area (Å²) >= 11 is 0. The molecule has 0 aliphatic rings. The second-order valence-corrected chi connectivity index (χ2v) is 1.63. The molecule has 5 nitrogen and oxygen atoms in total. The van der Waals surface area contributed by atoms with Crippen LogP contribution in [0.15, 0.2) is 24.5 Å². The molecule has 0 radical (unpaired) electrons. The van der Waals surface area contributed by atoms with Gasteiger partial charge in [-0.1, -0.05) is 0 Å². The van der Waals surface area contributed by atoms with Crippen molar-refractivity contribution < 1.29 is 19.4 Å². The van der Waals surface area contributed by atoms with Crippen LogP contribution in [-0.4, -0.2) is 17.0 Å². The average molecular weight is 167 g/mol. The van der Waals surface area contributed by atoms with E-state index in [9.17, 15) is 9.59 Å². The molecule has 5 heteroatoms. The highest BCUT2D eigenvalue weighted by molar-refractivity contribution is 5.91. The van der Waals surface area contributed by atoms with Crippen LogP contribution in [0.25, 0.3) is 0 Å². The number of allylic oxidation sites excluding steroid dienone is 1. The summed E-state index contributed by atoms with van der Waals surface area (Å²) in [5.41, 5.74) is 0. The molecule has 0 unspecified atom stereocenters. The first-order chi connectivity index (χ1) is 5.56. The van der Waals surface area contributed by atoms with Gasteiger partial charge in [-0.2, -0.15) is 5.26 Å². The number of aliphatic carboxylic acids is 1. The number of nitriles is 1. The summed E-state index contributed by atoms with van der Waals surface area (Å²) in [6.07, 6.45) is 1.29. The molecule has 0 aliphatic heterocycles. The van der Waals surface area contributed by atoms with Crippen molar-refractivity contribution in [1.82, 2.24) is 0 Å². The van der Waals surface area contributed by atoms with E-state index < -0.39 is 11.9 Å². The summed E-state index contributed by atoms with van der Waals surface area (Å²) in [6.45, 7) is 3.05. The van der Waals surface area contributed by atoms with E-state index in [1.54, 1.807) is 0 Å². The van der Waals surface area contributed by atoms with Gasteiger partial charge in [0.05, 0.1) is 0 Å². The van der Waals surface area contributed by atoms with E-state index in [-0.39, 0.29) is 5.76 Å². The number of carboxylic acid groups (broad SMARTS) is 1. The zero-order valence-corrected chi connectivity index (χ0v) is 5.98. The standard InChI is InChI=1S/C7H5NO4/c1-5(4-8)12-7(11)3-2-6(9)10/h2-3H,1H2,(H,9,10)/b3-2-. The van der Waals surface area contributed by atoms with Gasteiger partial charge >= 0.3 is 11.9 Å².